The number of benzene rings is 2. The molecule has 1 N–H and O–H groups in total. The maximum atomic E-state index is 12.7. The van der Waals surface area contributed by atoms with Crippen molar-refractivity contribution in [2.24, 2.45) is 0 Å². The summed E-state index contributed by atoms with van der Waals surface area (Å²) in [6.45, 7) is -0.758. The lowest BCUT2D eigenvalue weighted by Gasteiger charge is -2.07. The van der Waals surface area contributed by atoms with Crippen LogP contribution in [0.15, 0.2) is 77.9 Å². The molecule has 150 valence electrons. The largest absolute Gasteiger partial charge is 0.454 e. The first kappa shape index (κ1) is 19.5. The van der Waals surface area contributed by atoms with Crippen molar-refractivity contribution in [2.75, 3.05) is 11.9 Å². The molecule has 0 fully saturated rings. The first-order valence-corrected chi connectivity index (χ1v) is 9.97. The van der Waals surface area contributed by atoms with Gasteiger partial charge in [-0.1, -0.05) is 48.5 Å². The number of carbonyl (C=O) groups excluding carboxylic acids is 2. The summed E-state index contributed by atoms with van der Waals surface area (Å²) >= 11 is 1.41. The van der Waals surface area contributed by atoms with Crippen LogP contribution in [0.4, 0.5) is 5.69 Å². The topological polar surface area (TPSA) is 90.3 Å². The van der Waals surface area contributed by atoms with Crippen LogP contribution < -0.4 is 10.9 Å². The van der Waals surface area contributed by atoms with E-state index in [0.717, 1.165) is 10.4 Å². The highest BCUT2D eigenvalue weighted by atomic mass is 32.1. The van der Waals surface area contributed by atoms with Gasteiger partial charge in [-0.3, -0.25) is 19.0 Å². The minimum atomic E-state index is -0.694. The fourth-order valence-corrected chi connectivity index (χ4v) is 3.86. The highest BCUT2D eigenvalue weighted by Gasteiger charge is 2.14. The first-order valence-electron chi connectivity index (χ1n) is 9.15. The Balaban J connectivity index is 1.42. The first-order chi connectivity index (χ1) is 14.6. The molecule has 4 rings (SSSR count). The minimum Gasteiger partial charge on any atom is -0.454 e. The Kier molecular flexibility index (Phi) is 5.67. The van der Waals surface area contributed by atoms with E-state index >= 15 is 0 Å². The maximum absolute atomic E-state index is 12.7. The second kappa shape index (κ2) is 8.71. The summed E-state index contributed by atoms with van der Waals surface area (Å²) in [5.74, 6) is -1.15. The van der Waals surface area contributed by atoms with Crippen LogP contribution in [0.1, 0.15) is 0 Å². The third-order valence-electron chi connectivity index (χ3n) is 4.30. The van der Waals surface area contributed by atoms with E-state index in [0.29, 0.717) is 15.9 Å². The second-order valence-corrected chi connectivity index (χ2v) is 7.48. The summed E-state index contributed by atoms with van der Waals surface area (Å²) in [4.78, 5) is 42.5. The number of thiophene rings is 1. The number of aromatic nitrogens is 2. The molecule has 2 aromatic carbocycles. The molecular weight excluding hydrogens is 402 g/mol. The summed E-state index contributed by atoms with van der Waals surface area (Å²) in [6.07, 6.45) is 1.32. The zero-order valence-electron chi connectivity index (χ0n) is 15.8. The number of ether oxygens (including phenoxy) is 1. The quantitative estimate of drug-likeness (QED) is 0.484. The third-order valence-corrected chi connectivity index (χ3v) is 5.39. The van der Waals surface area contributed by atoms with Crippen molar-refractivity contribution in [2.45, 2.75) is 6.54 Å². The molecule has 0 radical (unpaired) electrons. The Morgan fingerprint density at radius 1 is 1.03 bits per heavy atom. The highest BCUT2D eigenvalue weighted by molar-refractivity contribution is 7.21. The Bertz CT molecular complexity index is 1250. The molecule has 0 aliphatic rings. The number of carbonyl (C=O) groups is 2. The van der Waals surface area contributed by atoms with E-state index < -0.39 is 18.5 Å². The van der Waals surface area contributed by atoms with Crippen LogP contribution in [0.5, 0.6) is 0 Å². The summed E-state index contributed by atoms with van der Waals surface area (Å²) in [5.41, 5.74) is 1.27. The van der Waals surface area contributed by atoms with Gasteiger partial charge in [0, 0.05) is 10.6 Å². The lowest BCUT2D eigenvalue weighted by molar-refractivity contribution is -0.147. The lowest BCUT2D eigenvalue weighted by atomic mass is 10.2. The van der Waals surface area contributed by atoms with Gasteiger partial charge in [-0.2, -0.15) is 0 Å². The van der Waals surface area contributed by atoms with Gasteiger partial charge in [0.1, 0.15) is 11.4 Å². The maximum Gasteiger partial charge on any atom is 0.326 e. The normalized spacial score (nSPS) is 10.7. The molecule has 0 aliphatic heterocycles. The number of esters is 1. The molecule has 2 aromatic heterocycles. The third kappa shape index (κ3) is 4.44. The van der Waals surface area contributed by atoms with Gasteiger partial charge < -0.3 is 10.1 Å². The molecule has 0 saturated heterocycles. The van der Waals surface area contributed by atoms with Crippen LogP contribution >= 0.6 is 11.3 Å². The number of anilines is 1. The summed E-state index contributed by atoms with van der Waals surface area (Å²) in [5, 5.41) is 3.06. The molecule has 0 saturated carbocycles. The molecular formula is C22H17N3O4S. The van der Waals surface area contributed by atoms with Crippen LogP contribution in [-0.2, 0) is 20.9 Å². The van der Waals surface area contributed by atoms with E-state index in [4.69, 9.17) is 4.74 Å². The van der Waals surface area contributed by atoms with E-state index in [1.54, 1.807) is 30.3 Å². The Morgan fingerprint density at radius 2 is 1.73 bits per heavy atom. The van der Waals surface area contributed by atoms with Crippen LogP contribution in [0.3, 0.4) is 0 Å². The van der Waals surface area contributed by atoms with Crippen LogP contribution in [0.25, 0.3) is 20.7 Å². The Morgan fingerprint density at radius 3 is 2.47 bits per heavy atom. The van der Waals surface area contributed by atoms with E-state index in [2.05, 4.69) is 10.3 Å². The van der Waals surface area contributed by atoms with Gasteiger partial charge in [-0.05, 0) is 23.8 Å². The van der Waals surface area contributed by atoms with E-state index in [9.17, 15) is 14.4 Å². The van der Waals surface area contributed by atoms with Crippen LogP contribution in [0, 0.1) is 0 Å². The monoisotopic (exact) mass is 419 g/mol. The number of hydrogen-bond acceptors (Lipinski definition) is 6. The number of rotatable bonds is 6. The van der Waals surface area contributed by atoms with Gasteiger partial charge in [0.05, 0.1) is 11.7 Å². The molecule has 0 unspecified atom stereocenters. The molecule has 8 heteroatoms. The number of para-hydroxylation sites is 1. The summed E-state index contributed by atoms with van der Waals surface area (Å²) in [6, 6.07) is 20.3. The van der Waals surface area contributed by atoms with Crippen molar-refractivity contribution in [1.29, 1.82) is 0 Å². The van der Waals surface area contributed by atoms with Crippen molar-refractivity contribution in [3.05, 3.63) is 83.4 Å². The zero-order valence-corrected chi connectivity index (χ0v) is 16.6. The van der Waals surface area contributed by atoms with Crippen molar-refractivity contribution < 1.29 is 14.3 Å². The smallest absolute Gasteiger partial charge is 0.326 e. The van der Waals surface area contributed by atoms with Crippen LogP contribution in [-0.4, -0.2) is 28.0 Å². The number of nitrogens with zero attached hydrogens (tertiary/aromatic N) is 2. The SMILES string of the molecule is O=C(COC(=O)Cn1cnc2sc(-c3ccccc3)cc2c1=O)Nc1ccccc1. The highest BCUT2D eigenvalue weighted by Crippen LogP contribution is 2.30. The molecule has 4 aromatic rings. The molecule has 1 amide bonds. The minimum absolute atomic E-state index is 0.323. The van der Waals surface area contributed by atoms with E-state index in [1.165, 1.54) is 22.2 Å². The zero-order chi connectivity index (χ0) is 20.9. The van der Waals surface area contributed by atoms with E-state index in [1.807, 2.05) is 36.4 Å². The fraction of sp³-hybridized carbons (Fsp3) is 0.0909. The van der Waals surface area contributed by atoms with Gasteiger partial charge in [-0.15, -0.1) is 11.3 Å². The predicted octanol–water partition coefficient (Wildman–Crippen LogP) is 3.31. The average molecular weight is 419 g/mol. The van der Waals surface area contributed by atoms with E-state index in [-0.39, 0.29) is 12.1 Å². The summed E-state index contributed by atoms with van der Waals surface area (Å²) in [7, 11) is 0. The van der Waals surface area contributed by atoms with Gasteiger partial charge in [0.25, 0.3) is 11.5 Å². The van der Waals surface area contributed by atoms with Gasteiger partial charge >= 0.3 is 5.97 Å². The molecule has 2 heterocycles. The average Bonchev–Trinajstić information content (AvgIpc) is 3.21. The standard InChI is InChI=1S/C22H17N3O4S/c26-19(24-16-9-5-2-6-10-16)13-29-20(27)12-25-14-23-21-17(22(25)28)11-18(30-21)15-7-3-1-4-8-15/h1-11,14H,12-13H2,(H,24,26). The Hall–Kier alpha value is -3.78. The number of amides is 1. The molecule has 0 spiro atoms. The van der Waals surface area contributed by atoms with Gasteiger partial charge in [0.2, 0.25) is 0 Å². The number of fused-ring (bicyclic) bond motifs is 1. The molecule has 7 nitrogen and oxygen atoms in total. The molecule has 0 aliphatic carbocycles. The van der Waals surface area contributed by atoms with Crippen molar-refractivity contribution >= 4 is 39.1 Å². The summed E-state index contributed by atoms with van der Waals surface area (Å²) < 4.78 is 6.17. The van der Waals surface area contributed by atoms with Crippen molar-refractivity contribution in [1.82, 2.24) is 9.55 Å². The molecule has 0 bridgehead atoms. The second-order valence-electron chi connectivity index (χ2n) is 6.45. The Labute approximate surface area is 175 Å². The number of hydrogen-bond donors (Lipinski definition) is 1. The van der Waals surface area contributed by atoms with Gasteiger partial charge in [0.15, 0.2) is 6.61 Å². The molecule has 0 atom stereocenters. The predicted molar refractivity (Wildman–Crippen MR) is 115 cm³/mol. The van der Waals surface area contributed by atoms with Crippen molar-refractivity contribution in [3.8, 4) is 10.4 Å². The number of nitrogens with one attached hydrogen (secondary N) is 1. The van der Waals surface area contributed by atoms with Crippen LogP contribution in [0.2, 0.25) is 0 Å². The van der Waals surface area contributed by atoms with Crippen molar-refractivity contribution in [3.63, 3.8) is 0 Å². The fourth-order valence-electron chi connectivity index (χ4n) is 2.87. The lowest BCUT2D eigenvalue weighted by Crippen LogP contribution is -2.27. The molecule has 30 heavy (non-hydrogen) atoms. The van der Waals surface area contributed by atoms with Gasteiger partial charge in [-0.25, -0.2) is 4.98 Å².